The topological polar surface area (TPSA) is 50.4 Å². The van der Waals surface area contributed by atoms with E-state index in [1.54, 1.807) is 0 Å². The van der Waals surface area contributed by atoms with Gasteiger partial charge >= 0.3 is 5.97 Å². The highest BCUT2D eigenvalue weighted by atomic mass is 16.4. The fraction of sp³-hybridized carbons (Fsp3) is 0.545. The summed E-state index contributed by atoms with van der Waals surface area (Å²) in [5.41, 5.74) is 0.616. The second kappa shape index (κ2) is 3.48. The standard InChI is InChI=1S/C11H16O3/c1-7-5-9(8(2)14-7)11(3,4)6-10(12)13/h5H,6H2,1-4H3,(H,12,13). The highest BCUT2D eigenvalue weighted by Crippen LogP contribution is 2.31. The Morgan fingerprint density at radius 2 is 2.07 bits per heavy atom. The van der Waals surface area contributed by atoms with Gasteiger partial charge in [-0.05, 0) is 25.5 Å². The number of hydrogen-bond acceptors (Lipinski definition) is 2. The van der Waals surface area contributed by atoms with E-state index in [4.69, 9.17) is 9.52 Å². The summed E-state index contributed by atoms with van der Waals surface area (Å²) in [6, 6.07) is 1.91. The molecule has 0 saturated carbocycles. The van der Waals surface area contributed by atoms with Crippen molar-refractivity contribution in [2.24, 2.45) is 0 Å². The molecule has 1 heterocycles. The Hall–Kier alpha value is -1.25. The quantitative estimate of drug-likeness (QED) is 0.808. The van der Waals surface area contributed by atoms with E-state index in [9.17, 15) is 4.79 Å². The molecule has 1 aromatic heterocycles. The molecule has 14 heavy (non-hydrogen) atoms. The van der Waals surface area contributed by atoms with E-state index in [0.717, 1.165) is 17.1 Å². The third kappa shape index (κ3) is 2.16. The molecule has 0 unspecified atom stereocenters. The Morgan fingerprint density at radius 1 is 1.50 bits per heavy atom. The average molecular weight is 196 g/mol. The van der Waals surface area contributed by atoms with Gasteiger partial charge < -0.3 is 9.52 Å². The molecule has 0 aliphatic heterocycles. The zero-order valence-corrected chi connectivity index (χ0v) is 9.05. The van der Waals surface area contributed by atoms with Crippen LogP contribution in [-0.4, -0.2) is 11.1 Å². The van der Waals surface area contributed by atoms with Crippen LogP contribution >= 0.6 is 0 Å². The molecular formula is C11H16O3. The van der Waals surface area contributed by atoms with Crippen LogP contribution in [0.2, 0.25) is 0 Å². The Balaban J connectivity index is 3.02. The molecule has 0 radical (unpaired) electrons. The first kappa shape index (κ1) is 10.8. The summed E-state index contributed by atoms with van der Waals surface area (Å²) >= 11 is 0. The van der Waals surface area contributed by atoms with Gasteiger partial charge in [0.1, 0.15) is 11.5 Å². The van der Waals surface area contributed by atoms with Crippen LogP contribution in [0.15, 0.2) is 10.5 Å². The van der Waals surface area contributed by atoms with Crippen molar-refractivity contribution >= 4 is 5.97 Å². The highest BCUT2D eigenvalue weighted by Gasteiger charge is 2.27. The molecule has 0 saturated heterocycles. The van der Waals surface area contributed by atoms with Crippen molar-refractivity contribution in [3.05, 3.63) is 23.2 Å². The van der Waals surface area contributed by atoms with Crippen molar-refractivity contribution in [2.45, 2.75) is 39.5 Å². The lowest BCUT2D eigenvalue weighted by Crippen LogP contribution is -2.21. The monoisotopic (exact) mass is 196 g/mol. The zero-order valence-electron chi connectivity index (χ0n) is 9.05. The minimum Gasteiger partial charge on any atom is -0.481 e. The van der Waals surface area contributed by atoms with Crippen LogP contribution in [0.3, 0.4) is 0 Å². The molecule has 0 atom stereocenters. The lowest BCUT2D eigenvalue weighted by molar-refractivity contribution is -0.138. The second-order valence-corrected chi connectivity index (χ2v) is 4.28. The molecule has 0 aliphatic carbocycles. The average Bonchev–Trinajstić information content (AvgIpc) is 2.27. The first-order chi connectivity index (χ1) is 6.33. The highest BCUT2D eigenvalue weighted by molar-refractivity contribution is 5.69. The van der Waals surface area contributed by atoms with Crippen LogP contribution in [0.25, 0.3) is 0 Å². The molecule has 1 aromatic rings. The van der Waals surface area contributed by atoms with Crippen molar-refractivity contribution in [1.82, 2.24) is 0 Å². The lowest BCUT2D eigenvalue weighted by atomic mass is 9.81. The number of aliphatic carboxylic acids is 1. The molecule has 0 spiro atoms. The maximum atomic E-state index is 10.7. The summed E-state index contributed by atoms with van der Waals surface area (Å²) in [7, 11) is 0. The van der Waals surface area contributed by atoms with E-state index in [2.05, 4.69) is 0 Å². The Kier molecular flexibility index (Phi) is 2.69. The number of rotatable bonds is 3. The largest absolute Gasteiger partial charge is 0.481 e. The molecular weight excluding hydrogens is 180 g/mol. The Labute approximate surface area is 83.7 Å². The van der Waals surface area contributed by atoms with Gasteiger partial charge in [0, 0.05) is 5.41 Å². The molecule has 0 bridgehead atoms. The van der Waals surface area contributed by atoms with Gasteiger partial charge in [0.15, 0.2) is 0 Å². The summed E-state index contributed by atoms with van der Waals surface area (Å²) in [4.78, 5) is 10.7. The van der Waals surface area contributed by atoms with Crippen LogP contribution in [0, 0.1) is 13.8 Å². The number of carbonyl (C=O) groups is 1. The van der Waals surface area contributed by atoms with Crippen molar-refractivity contribution in [3.63, 3.8) is 0 Å². The SMILES string of the molecule is Cc1cc(C(C)(C)CC(=O)O)c(C)o1. The number of carboxylic acid groups (broad SMARTS) is 1. The molecule has 0 aromatic carbocycles. The minimum absolute atomic E-state index is 0.118. The van der Waals surface area contributed by atoms with Crippen LogP contribution in [0.4, 0.5) is 0 Å². The smallest absolute Gasteiger partial charge is 0.304 e. The van der Waals surface area contributed by atoms with E-state index in [-0.39, 0.29) is 11.8 Å². The van der Waals surface area contributed by atoms with E-state index in [1.807, 2.05) is 33.8 Å². The van der Waals surface area contributed by atoms with E-state index in [1.165, 1.54) is 0 Å². The van der Waals surface area contributed by atoms with E-state index >= 15 is 0 Å². The van der Waals surface area contributed by atoms with E-state index in [0.29, 0.717) is 0 Å². The van der Waals surface area contributed by atoms with Gasteiger partial charge in [0.25, 0.3) is 0 Å². The summed E-state index contributed by atoms with van der Waals surface area (Å²) in [5, 5.41) is 8.78. The van der Waals surface area contributed by atoms with Gasteiger partial charge in [0.2, 0.25) is 0 Å². The van der Waals surface area contributed by atoms with Crippen LogP contribution in [0.5, 0.6) is 0 Å². The van der Waals surface area contributed by atoms with Gasteiger partial charge in [-0.25, -0.2) is 0 Å². The summed E-state index contributed by atoms with van der Waals surface area (Å²) in [6.45, 7) is 7.57. The molecule has 3 nitrogen and oxygen atoms in total. The van der Waals surface area contributed by atoms with Gasteiger partial charge in [-0.3, -0.25) is 4.79 Å². The predicted molar refractivity (Wildman–Crippen MR) is 53.5 cm³/mol. The Morgan fingerprint density at radius 3 is 2.43 bits per heavy atom. The molecule has 0 aliphatic rings. The molecule has 1 N–H and O–H groups in total. The van der Waals surface area contributed by atoms with Gasteiger partial charge in [-0.15, -0.1) is 0 Å². The van der Waals surface area contributed by atoms with Crippen molar-refractivity contribution in [2.75, 3.05) is 0 Å². The maximum Gasteiger partial charge on any atom is 0.304 e. The van der Waals surface area contributed by atoms with Gasteiger partial charge in [-0.1, -0.05) is 13.8 Å². The number of carboxylic acids is 1. The zero-order chi connectivity index (χ0) is 10.9. The third-order valence-corrected chi connectivity index (χ3v) is 2.36. The molecule has 0 amide bonds. The van der Waals surface area contributed by atoms with Crippen LogP contribution in [0.1, 0.15) is 37.4 Å². The van der Waals surface area contributed by atoms with Gasteiger partial charge in [0.05, 0.1) is 6.42 Å². The van der Waals surface area contributed by atoms with Crippen LogP contribution in [-0.2, 0) is 10.2 Å². The minimum atomic E-state index is -0.784. The van der Waals surface area contributed by atoms with Crippen molar-refractivity contribution < 1.29 is 14.3 Å². The first-order valence-corrected chi connectivity index (χ1v) is 4.62. The van der Waals surface area contributed by atoms with Gasteiger partial charge in [-0.2, -0.15) is 0 Å². The predicted octanol–water partition coefficient (Wildman–Crippen LogP) is 2.65. The summed E-state index contributed by atoms with van der Waals surface area (Å²) in [6.07, 6.45) is 0.118. The van der Waals surface area contributed by atoms with Crippen molar-refractivity contribution in [3.8, 4) is 0 Å². The summed E-state index contributed by atoms with van der Waals surface area (Å²) < 4.78 is 5.39. The molecule has 1 rings (SSSR count). The summed E-state index contributed by atoms with van der Waals surface area (Å²) in [5.74, 6) is 0.859. The number of hydrogen-bond donors (Lipinski definition) is 1. The second-order valence-electron chi connectivity index (χ2n) is 4.28. The number of furan rings is 1. The lowest BCUT2D eigenvalue weighted by Gasteiger charge is -2.21. The maximum absolute atomic E-state index is 10.7. The van der Waals surface area contributed by atoms with Crippen LogP contribution < -0.4 is 0 Å². The third-order valence-electron chi connectivity index (χ3n) is 2.36. The Bertz CT molecular complexity index is 347. The molecule has 3 heteroatoms. The van der Waals surface area contributed by atoms with E-state index < -0.39 is 5.97 Å². The normalized spacial score (nSPS) is 11.7. The molecule has 78 valence electrons. The fourth-order valence-electron chi connectivity index (χ4n) is 1.78. The number of aryl methyl sites for hydroxylation is 2. The first-order valence-electron chi connectivity index (χ1n) is 4.62. The van der Waals surface area contributed by atoms with Crippen molar-refractivity contribution in [1.29, 1.82) is 0 Å². The molecule has 0 fully saturated rings. The fourth-order valence-corrected chi connectivity index (χ4v) is 1.78.